The van der Waals surface area contributed by atoms with Crippen LogP contribution in [0.15, 0.2) is 30.3 Å². The predicted octanol–water partition coefficient (Wildman–Crippen LogP) is 2.68. The van der Waals surface area contributed by atoms with E-state index >= 15 is 0 Å². The average molecular weight is 372 g/mol. The van der Waals surface area contributed by atoms with Crippen LogP contribution in [0.5, 0.6) is 0 Å². The van der Waals surface area contributed by atoms with Gasteiger partial charge in [0, 0.05) is 13.1 Å². The topological polar surface area (TPSA) is 85.2 Å². The van der Waals surface area contributed by atoms with Crippen LogP contribution in [0.3, 0.4) is 0 Å². The van der Waals surface area contributed by atoms with Gasteiger partial charge in [-0.1, -0.05) is 32.1 Å². The highest BCUT2D eigenvalue weighted by molar-refractivity contribution is 5.87. The molecule has 2 N–H and O–H groups in total. The first-order valence-electron chi connectivity index (χ1n) is 9.05. The lowest BCUT2D eigenvalue weighted by Gasteiger charge is -2.29. The summed E-state index contributed by atoms with van der Waals surface area (Å²) in [5, 5.41) is 13.9. The van der Waals surface area contributed by atoms with Crippen LogP contribution in [0, 0.1) is 23.1 Å². The number of nitrogens with zero attached hydrogens (tertiary/aromatic N) is 2. The van der Waals surface area contributed by atoms with Gasteiger partial charge in [0.25, 0.3) is 0 Å². The van der Waals surface area contributed by atoms with Gasteiger partial charge in [0.05, 0.1) is 6.07 Å². The highest BCUT2D eigenvalue weighted by Gasteiger charge is 2.25. The van der Waals surface area contributed by atoms with Crippen molar-refractivity contribution in [2.75, 3.05) is 19.6 Å². The number of nitrogens with one attached hydrogen (secondary N) is 2. The first-order valence-corrected chi connectivity index (χ1v) is 9.05. The van der Waals surface area contributed by atoms with Gasteiger partial charge in [0.1, 0.15) is 18.4 Å². The Morgan fingerprint density at radius 2 is 2.15 bits per heavy atom. The second-order valence-corrected chi connectivity index (χ2v) is 6.94. The quantitative estimate of drug-likeness (QED) is 0.753. The van der Waals surface area contributed by atoms with Crippen LogP contribution in [0.25, 0.3) is 5.57 Å². The number of carbonyl (C=O) groups excluding carboxylic acids is 2. The molecule has 0 spiro atoms. The number of hydrogen-bond donors (Lipinski definition) is 2. The first-order chi connectivity index (χ1) is 12.9. The zero-order chi connectivity index (χ0) is 19.8. The third kappa shape index (κ3) is 6.10. The second kappa shape index (κ2) is 9.72. The Hall–Kier alpha value is -2.88. The number of rotatable bonds is 6. The van der Waals surface area contributed by atoms with E-state index in [-0.39, 0.29) is 30.2 Å². The zero-order valence-corrected chi connectivity index (χ0v) is 15.7. The molecule has 0 saturated heterocycles. The van der Waals surface area contributed by atoms with Crippen molar-refractivity contribution < 1.29 is 14.0 Å². The third-order valence-corrected chi connectivity index (χ3v) is 4.35. The van der Waals surface area contributed by atoms with Gasteiger partial charge >= 0.3 is 6.03 Å². The summed E-state index contributed by atoms with van der Waals surface area (Å²) in [4.78, 5) is 26.3. The van der Waals surface area contributed by atoms with Crippen molar-refractivity contribution in [3.63, 3.8) is 0 Å². The lowest BCUT2D eigenvalue weighted by atomic mass is 9.99. The molecule has 1 aromatic carbocycles. The number of benzene rings is 1. The van der Waals surface area contributed by atoms with Gasteiger partial charge in [-0.15, -0.1) is 0 Å². The lowest BCUT2D eigenvalue weighted by Crippen LogP contribution is -2.52. The molecule has 0 bridgehead atoms. The minimum Gasteiger partial charge on any atom is -0.341 e. The number of nitriles is 1. The van der Waals surface area contributed by atoms with Gasteiger partial charge in [-0.05, 0) is 42.0 Å². The van der Waals surface area contributed by atoms with Gasteiger partial charge in [-0.3, -0.25) is 4.79 Å². The molecule has 27 heavy (non-hydrogen) atoms. The number of amides is 3. The normalized spacial score (nSPS) is 14.9. The molecule has 6 nitrogen and oxygen atoms in total. The summed E-state index contributed by atoms with van der Waals surface area (Å²) in [5.74, 6) is -0.427. The Bertz CT molecular complexity index is 755. The Balaban J connectivity index is 1.98. The summed E-state index contributed by atoms with van der Waals surface area (Å²) in [5.41, 5.74) is 1.83. The molecule has 0 saturated carbocycles. The van der Waals surface area contributed by atoms with E-state index in [1.54, 1.807) is 11.0 Å². The second-order valence-electron chi connectivity index (χ2n) is 6.94. The van der Waals surface area contributed by atoms with Gasteiger partial charge in [-0.25, -0.2) is 9.18 Å². The van der Waals surface area contributed by atoms with Crippen LogP contribution in [-0.2, 0) is 4.79 Å². The Morgan fingerprint density at radius 3 is 2.74 bits per heavy atom. The molecule has 144 valence electrons. The molecule has 3 amide bonds. The molecule has 1 heterocycles. The van der Waals surface area contributed by atoms with E-state index in [1.807, 2.05) is 32.1 Å². The van der Waals surface area contributed by atoms with Gasteiger partial charge in [-0.2, -0.15) is 5.26 Å². The van der Waals surface area contributed by atoms with Gasteiger partial charge < -0.3 is 15.5 Å². The van der Waals surface area contributed by atoms with E-state index in [0.717, 1.165) is 11.1 Å². The molecule has 0 aromatic heterocycles. The van der Waals surface area contributed by atoms with Crippen LogP contribution < -0.4 is 10.6 Å². The third-order valence-electron chi connectivity index (χ3n) is 4.35. The molecule has 1 unspecified atom stereocenters. The van der Waals surface area contributed by atoms with E-state index in [0.29, 0.717) is 25.9 Å². The van der Waals surface area contributed by atoms with E-state index < -0.39 is 6.04 Å². The molecule has 0 aliphatic carbocycles. The maximum absolute atomic E-state index is 13.4. The fraction of sp³-hybridized carbons (Fsp3) is 0.450. The Kier molecular flexibility index (Phi) is 7.35. The molecule has 0 radical (unpaired) electrons. The molecule has 2 rings (SSSR count). The maximum atomic E-state index is 13.4. The summed E-state index contributed by atoms with van der Waals surface area (Å²) >= 11 is 0. The molecule has 1 aromatic rings. The SMILES string of the molecule is CC(C)CC(NC(=O)N1CC=C(c2cccc(F)c2)CC1)C(=O)NCC#N. The van der Waals surface area contributed by atoms with E-state index in [2.05, 4.69) is 10.6 Å². The van der Waals surface area contributed by atoms with Gasteiger partial charge in [0.2, 0.25) is 5.91 Å². The smallest absolute Gasteiger partial charge is 0.318 e. The summed E-state index contributed by atoms with van der Waals surface area (Å²) in [6, 6.07) is 7.27. The van der Waals surface area contributed by atoms with Crippen molar-refractivity contribution in [2.24, 2.45) is 5.92 Å². The Morgan fingerprint density at radius 1 is 1.37 bits per heavy atom. The van der Waals surface area contributed by atoms with E-state index in [1.165, 1.54) is 12.1 Å². The summed E-state index contributed by atoms with van der Waals surface area (Å²) in [6.45, 7) is 4.72. The van der Waals surface area contributed by atoms with Crippen molar-refractivity contribution in [2.45, 2.75) is 32.7 Å². The van der Waals surface area contributed by atoms with Crippen molar-refractivity contribution in [1.29, 1.82) is 5.26 Å². The van der Waals surface area contributed by atoms with Crippen molar-refractivity contribution in [3.8, 4) is 6.07 Å². The summed E-state index contributed by atoms with van der Waals surface area (Å²) < 4.78 is 13.4. The molecular weight excluding hydrogens is 347 g/mol. The molecule has 1 aliphatic rings. The summed E-state index contributed by atoms with van der Waals surface area (Å²) in [7, 11) is 0. The van der Waals surface area contributed by atoms with Crippen molar-refractivity contribution in [3.05, 3.63) is 41.7 Å². The highest BCUT2D eigenvalue weighted by Crippen LogP contribution is 2.23. The monoisotopic (exact) mass is 372 g/mol. The largest absolute Gasteiger partial charge is 0.341 e. The number of carbonyl (C=O) groups is 2. The van der Waals surface area contributed by atoms with E-state index in [9.17, 15) is 14.0 Å². The minimum absolute atomic E-state index is 0.0905. The zero-order valence-electron chi connectivity index (χ0n) is 15.7. The van der Waals surface area contributed by atoms with Crippen LogP contribution in [-0.4, -0.2) is 42.5 Å². The minimum atomic E-state index is -0.681. The maximum Gasteiger partial charge on any atom is 0.318 e. The van der Waals surface area contributed by atoms with Crippen LogP contribution in [0.4, 0.5) is 9.18 Å². The lowest BCUT2D eigenvalue weighted by molar-refractivity contribution is -0.123. The molecule has 0 fully saturated rings. The fourth-order valence-corrected chi connectivity index (χ4v) is 3.00. The van der Waals surface area contributed by atoms with Crippen LogP contribution in [0.2, 0.25) is 0 Å². The van der Waals surface area contributed by atoms with Crippen molar-refractivity contribution >= 4 is 17.5 Å². The van der Waals surface area contributed by atoms with Crippen LogP contribution in [0.1, 0.15) is 32.3 Å². The standard InChI is InChI=1S/C20H25FN4O2/c1-14(2)12-18(19(26)23-9-8-22)24-20(27)25-10-6-15(7-11-25)16-4-3-5-17(21)13-16/h3-6,13-14,18H,7,9-12H2,1-2H3,(H,23,26)(H,24,27). The fourth-order valence-electron chi connectivity index (χ4n) is 3.00. The Labute approximate surface area is 159 Å². The van der Waals surface area contributed by atoms with E-state index in [4.69, 9.17) is 5.26 Å². The van der Waals surface area contributed by atoms with Gasteiger partial charge in [0.15, 0.2) is 0 Å². The molecular formula is C20H25FN4O2. The molecule has 7 heteroatoms. The number of hydrogen-bond acceptors (Lipinski definition) is 3. The molecule has 1 atom stereocenters. The number of halogens is 1. The number of urea groups is 1. The first kappa shape index (κ1) is 20.4. The van der Waals surface area contributed by atoms with Crippen molar-refractivity contribution in [1.82, 2.24) is 15.5 Å². The predicted molar refractivity (Wildman–Crippen MR) is 101 cm³/mol. The highest BCUT2D eigenvalue weighted by atomic mass is 19.1. The summed E-state index contributed by atoms with van der Waals surface area (Å²) in [6.07, 6.45) is 3.01. The van der Waals surface area contributed by atoms with Crippen LogP contribution >= 0.6 is 0 Å². The average Bonchev–Trinajstić information content (AvgIpc) is 2.65. The molecule has 1 aliphatic heterocycles.